The molecule has 1 amide bonds. The highest BCUT2D eigenvalue weighted by Gasteiger charge is 2.14. The van der Waals surface area contributed by atoms with Crippen LogP contribution >= 0.6 is 0 Å². The second-order valence-corrected chi connectivity index (χ2v) is 2.28. The van der Waals surface area contributed by atoms with Crippen LogP contribution < -0.4 is 10.1 Å². The van der Waals surface area contributed by atoms with Crippen LogP contribution in [-0.2, 0) is 6.54 Å². The van der Waals surface area contributed by atoms with Crippen molar-refractivity contribution in [3.05, 3.63) is 29.8 Å². The average molecular weight is 148 g/mol. The number of nitrogens with one attached hydrogen (secondary N) is 1. The van der Waals surface area contributed by atoms with E-state index in [1.165, 1.54) is 0 Å². The first-order valence-electron chi connectivity index (χ1n) is 3.31. The highest BCUT2D eigenvalue weighted by Crippen LogP contribution is 2.19. The van der Waals surface area contributed by atoms with Gasteiger partial charge in [-0.25, -0.2) is 4.79 Å². The van der Waals surface area contributed by atoms with Gasteiger partial charge in [0.05, 0.1) is 0 Å². The van der Waals surface area contributed by atoms with Crippen molar-refractivity contribution in [2.45, 2.75) is 6.54 Å². The van der Waals surface area contributed by atoms with Gasteiger partial charge in [0.1, 0.15) is 5.75 Å². The lowest BCUT2D eigenvalue weighted by molar-refractivity contribution is 0.194. The molecule has 1 aromatic carbocycles. The molecule has 0 spiro atoms. The summed E-state index contributed by atoms with van der Waals surface area (Å²) in [5.41, 5.74) is 0.989. The van der Waals surface area contributed by atoms with E-state index in [0.717, 1.165) is 5.56 Å². The second kappa shape index (κ2) is 2.27. The van der Waals surface area contributed by atoms with E-state index in [1.807, 2.05) is 6.07 Å². The lowest BCUT2D eigenvalue weighted by Crippen LogP contribution is -2.30. The molecule has 0 aliphatic carbocycles. The fraction of sp³-hybridized carbons (Fsp3) is 0.125. The molecule has 0 saturated carbocycles. The zero-order valence-corrected chi connectivity index (χ0v) is 5.76. The van der Waals surface area contributed by atoms with Crippen LogP contribution in [0.2, 0.25) is 0 Å². The first-order chi connectivity index (χ1) is 5.36. The van der Waals surface area contributed by atoms with Gasteiger partial charge in [-0.2, -0.15) is 0 Å². The maximum absolute atomic E-state index is 10.7. The van der Waals surface area contributed by atoms with Gasteiger partial charge in [0.25, 0.3) is 0 Å². The molecular formula is C8H6NO2. The predicted octanol–water partition coefficient (Wildman–Crippen LogP) is 1.09. The van der Waals surface area contributed by atoms with E-state index in [9.17, 15) is 4.79 Å². The van der Waals surface area contributed by atoms with Gasteiger partial charge < -0.3 is 10.1 Å². The first kappa shape index (κ1) is 6.22. The van der Waals surface area contributed by atoms with E-state index in [4.69, 9.17) is 4.74 Å². The van der Waals surface area contributed by atoms with Gasteiger partial charge in [-0.15, -0.1) is 0 Å². The summed E-state index contributed by atoms with van der Waals surface area (Å²) in [5.74, 6) is 0.608. The number of benzene rings is 1. The molecule has 0 saturated heterocycles. The van der Waals surface area contributed by atoms with E-state index in [2.05, 4.69) is 11.4 Å². The summed E-state index contributed by atoms with van der Waals surface area (Å²) in [5, 5.41) is 2.56. The number of carbonyl (C=O) groups excluding carboxylic acids is 1. The Balaban J connectivity index is 2.41. The molecule has 11 heavy (non-hydrogen) atoms. The van der Waals surface area contributed by atoms with E-state index < -0.39 is 6.09 Å². The van der Waals surface area contributed by atoms with E-state index in [1.54, 1.807) is 12.1 Å². The Labute approximate surface area is 64.0 Å². The van der Waals surface area contributed by atoms with Gasteiger partial charge >= 0.3 is 6.09 Å². The SMILES string of the molecule is O=C1NCc2cc[c]cc2O1. The van der Waals surface area contributed by atoms with Crippen molar-refractivity contribution in [2.24, 2.45) is 0 Å². The molecule has 0 atom stereocenters. The summed E-state index contributed by atoms with van der Waals surface area (Å²) in [6.45, 7) is 0.544. The zero-order chi connectivity index (χ0) is 7.68. The number of rotatable bonds is 0. The molecule has 3 nitrogen and oxygen atoms in total. The third kappa shape index (κ3) is 1.05. The fourth-order valence-electron chi connectivity index (χ4n) is 0.992. The van der Waals surface area contributed by atoms with Gasteiger partial charge in [0.15, 0.2) is 0 Å². The molecule has 1 N–H and O–H groups in total. The minimum Gasteiger partial charge on any atom is -0.410 e. The van der Waals surface area contributed by atoms with Crippen LogP contribution in [-0.4, -0.2) is 6.09 Å². The van der Waals surface area contributed by atoms with E-state index in [0.29, 0.717) is 12.3 Å². The molecule has 3 heteroatoms. The monoisotopic (exact) mass is 148 g/mol. The van der Waals surface area contributed by atoms with Crippen molar-refractivity contribution >= 4 is 6.09 Å². The standard InChI is InChI=1S/C8H6NO2/c10-8-9-5-6-3-1-2-4-7(6)11-8/h1,3-4H,5H2,(H,9,10). The first-order valence-corrected chi connectivity index (χ1v) is 3.31. The van der Waals surface area contributed by atoms with Gasteiger partial charge in [0, 0.05) is 12.1 Å². The molecule has 1 aliphatic heterocycles. The molecule has 1 aliphatic rings. The van der Waals surface area contributed by atoms with Crippen LogP contribution in [0.1, 0.15) is 5.56 Å². The van der Waals surface area contributed by atoms with Crippen molar-refractivity contribution in [2.75, 3.05) is 0 Å². The Morgan fingerprint density at radius 3 is 3.45 bits per heavy atom. The van der Waals surface area contributed by atoms with Crippen LogP contribution in [0.5, 0.6) is 5.75 Å². The number of ether oxygens (including phenoxy) is 1. The minimum absolute atomic E-state index is 0.392. The Morgan fingerprint density at radius 1 is 1.64 bits per heavy atom. The summed E-state index contributed by atoms with van der Waals surface area (Å²) in [6.07, 6.45) is -0.392. The Bertz CT molecular complexity index is 296. The summed E-state index contributed by atoms with van der Waals surface area (Å²) in [6, 6.07) is 8.16. The van der Waals surface area contributed by atoms with Crippen LogP contribution in [0.4, 0.5) is 4.79 Å². The van der Waals surface area contributed by atoms with Crippen molar-refractivity contribution in [3.63, 3.8) is 0 Å². The van der Waals surface area contributed by atoms with E-state index in [-0.39, 0.29) is 0 Å². The van der Waals surface area contributed by atoms with Crippen molar-refractivity contribution in [1.82, 2.24) is 5.32 Å². The summed E-state index contributed by atoms with van der Waals surface area (Å²) >= 11 is 0. The Kier molecular flexibility index (Phi) is 1.28. The molecule has 1 aromatic rings. The highest BCUT2D eigenvalue weighted by molar-refractivity contribution is 5.72. The predicted molar refractivity (Wildman–Crippen MR) is 38.1 cm³/mol. The normalized spacial score (nSPS) is 14.7. The minimum atomic E-state index is -0.392. The molecule has 0 fully saturated rings. The highest BCUT2D eigenvalue weighted by atomic mass is 16.6. The maximum atomic E-state index is 10.7. The summed E-state index contributed by atoms with van der Waals surface area (Å²) in [7, 11) is 0. The van der Waals surface area contributed by atoms with E-state index >= 15 is 0 Å². The van der Waals surface area contributed by atoms with Gasteiger partial charge in [0.2, 0.25) is 0 Å². The largest absolute Gasteiger partial charge is 0.412 e. The molecule has 0 aromatic heterocycles. The van der Waals surface area contributed by atoms with Crippen LogP contribution in [0.15, 0.2) is 18.2 Å². The van der Waals surface area contributed by atoms with Gasteiger partial charge in [-0.3, -0.25) is 0 Å². The second-order valence-electron chi connectivity index (χ2n) is 2.28. The third-order valence-corrected chi connectivity index (χ3v) is 1.54. The molecule has 1 heterocycles. The molecule has 0 bridgehead atoms. The number of carbonyl (C=O) groups is 1. The molecule has 55 valence electrons. The van der Waals surface area contributed by atoms with Crippen LogP contribution in [0.25, 0.3) is 0 Å². The smallest absolute Gasteiger partial charge is 0.410 e. The van der Waals surface area contributed by atoms with Gasteiger partial charge in [-0.1, -0.05) is 12.1 Å². The number of amides is 1. The Morgan fingerprint density at radius 2 is 2.55 bits per heavy atom. The zero-order valence-electron chi connectivity index (χ0n) is 5.76. The molecule has 1 radical (unpaired) electrons. The molecular weight excluding hydrogens is 142 g/mol. The van der Waals surface area contributed by atoms with Crippen LogP contribution in [0.3, 0.4) is 0 Å². The number of hydrogen-bond donors (Lipinski definition) is 1. The van der Waals surface area contributed by atoms with Gasteiger partial charge in [-0.05, 0) is 12.1 Å². The quantitative estimate of drug-likeness (QED) is 0.598. The third-order valence-electron chi connectivity index (χ3n) is 1.54. The van der Waals surface area contributed by atoms with Crippen molar-refractivity contribution in [1.29, 1.82) is 0 Å². The number of fused-ring (bicyclic) bond motifs is 1. The number of hydrogen-bond acceptors (Lipinski definition) is 2. The van der Waals surface area contributed by atoms with Crippen molar-refractivity contribution in [3.8, 4) is 5.75 Å². The lowest BCUT2D eigenvalue weighted by Gasteiger charge is -2.15. The lowest BCUT2D eigenvalue weighted by atomic mass is 10.2. The Hall–Kier alpha value is -1.51. The summed E-state index contributed by atoms with van der Waals surface area (Å²) < 4.78 is 4.85. The van der Waals surface area contributed by atoms with Crippen molar-refractivity contribution < 1.29 is 9.53 Å². The summed E-state index contributed by atoms with van der Waals surface area (Å²) in [4.78, 5) is 10.7. The average Bonchev–Trinajstić information content (AvgIpc) is 2.04. The maximum Gasteiger partial charge on any atom is 0.412 e. The van der Waals surface area contributed by atoms with Crippen LogP contribution in [0, 0.1) is 6.07 Å². The fourth-order valence-corrected chi connectivity index (χ4v) is 0.992. The molecule has 0 unspecified atom stereocenters. The topological polar surface area (TPSA) is 38.3 Å². The molecule has 2 rings (SSSR count).